The van der Waals surface area contributed by atoms with Gasteiger partial charge in [0.2, 0.25) is 5.75 Å². The molecule has 0 spiro atoms. The molecule has 0 aliphatic rings. The first-order chi connectivity index (χ1) is 12.3. The van der Waals surface area contributed by atoms with E-state index in [1.807, 2.05) is 30.3 Å². The lowest BCUT2D eigenvalue weighted by molar-refractivity contribution is 0.0950. The van der Waals surface area contributed by atoms with Gasteiger partial charge in [0.1, 0.15) is 0 Å². The quantitative estimate of drug-likeness (QED) is 0.851. The van der Waals surface area contributed by atoms with Crippen LogP contribution in [0.5, 0.6) is 17.2 Å². The van der Waals surface area contributed by atoms with Crippen LogP contribution in [0.25, 0.3) is 0 Å². The first-order valence-corrected chi connectivity index (χ1v) is 8.48. The molecule has 2 rings (SSSR count). The van der Waals surface area contributed by atoms with Gasteiger partial charge < -0.3 is 19.5 Å². The molecule has 0 atom stereocenters. The molecule has 0 saturated heterocycles. The summed E-state index contributed by atoms with van der Waals surface area (Å²) in [5.74, 6) is 1.51. The average molecular weight is 357 g/mol. The zero-order valence-corrected chi connectivity index (χ0v) is 16.3. The number of carbonyl (C=O) groups is 1. The predicted molar refractivity (Wildman–Crippen MR) is 102 cm³/mol. The van der Waals surface area contributed by atoms with E-state index in [4.69, 9.17) is 14.2 Å². The highest BCUT2D eigenvalue weighted by atomic mass is 16.5. The van der Waals surface area contributed by atoms with Crippen LogP contribution in [0.15, 0.2) is 36.4 Å². The number of nitrogens with one attached hydrogen (secondary N) is 1. The topological polar surface area (TPSA) is 56.8 Å². The van der Waals surface area contributed by atoms with E-state index < -0.39 is 0 Å². The van der Waals surface area contributed by atoms with Crippen molar-refractivity contribution in [2.24, 2.45) is 0 Å². The minimum atomic E-state index is -0.137. The van der Waals surface area contributed by atoms with Crippen LogP contribution in [-0.4, -0.2) is 27.2 Å². The fourth-order valence-corrected chi connectivity index (χ4v) is 2.70. The third-order valence-corrected chi connectivity index (χ3v) is 4.24. The Balaban J connectivity index is 2.14. The van der Waals surface area contributed by atoms with Crippen LogP contribution in [0.4, 0.5) is 0 Å². The molecule has 0 bridgehead atoms. The Morgan fingerprint density at radius 3 is 2.00 bits per heavy atom. The van der Waals surface area contributed by atoms with Gasteiger partial charge in [-0.05, 0) is 35.2 Å². The van der Waals surface area contributed by atoms with Crippen molar-refractivity contribution in [2.75, 3.05) is 21.3 Å². The molecule has 0 saturated carbocycles. The van der Waals surface area contributed by atoms with Crippen molar-refractivity contribution in [1.29, 1.82) is 0 Å². The number of hydrogen-bond donors (Lipinski definition) is 1. The molecule has 2 aromatic rings. The predicted octanol–water partition coefficient (Wildman–Crippen LogP) is 3.94. The molecule has 0 unspecified atom stereocenters. The van der Waals surface area contributed by atoms with Crippen molar-refractivity contribution >= 4 is 5.91 Å². The number of ether oxygens (including phenoxy) is 3. The molecule has 0 aromatic heterocycles. The molecule has 0 fully saturated rings. The van der Waals surface area contributed by atoms with Gasteiger partial charge in [-0.25, -0.2) is 0 Å². The Kier molecular flexibility index (Phi) is 6.14. The van der Waals surface area contributed by atoms with Gasteiger partial charge in [0.15, 0.2) is 11.5 Å². The summed E-state index contributed by atoms with van der Waals surface area (Å²) < 4.78 is 16.1. The molecule has 0 radical (unpaired) electrons. The average Bonchev–Trinajstić information content (AvgIpc) is 2.64. The third kappa shape index (κ3) is 4.28. The molecule has 5 heteroatoms. The zero-order valence-electron chi connectivity index (χ0n) is 16.3. The van der Waals surface area contributed by atoms with E-state index in [0.717, 1.165) is 5.56 Å². The number of benzene rings is 2. The van der Waals surface area contributed by atoms with Crippen molar-refractivity contribution in [3.05, 3.63) is 53.1 Å². The van der Waals surface area contributed by atoms with Crippen LogP contribution < -0.4 is 19.5 Å². The van der Waals surface area contributed by atoms with Gasteiger partial charge in [-0.2, -0.15) is 0 Å². The minimum Gasteiger partial charge on any atom is -0.493 e. The van der Waals surface area contributed by atoms with Crippen LogP contribution in [0.1, 0.15) is 42.3 Å². The van der Waals surface area contributed by atoms with E-state index >= 15 is 0 Å². The van der Waals surface area contributed by atoms with E-state index in [1.165, 1.54) is 5.56 Å². The summed E-state index contributed by atoms with van der Waals surface area (Å²) in [5, 5.41) is 2.92. The van der Waals surface area contributed by atoms with Gasteiger partial charge in [0.25, 0.3) is 5.91 Å². The van der Waals surface area contributed by atoms with Gasteiger partial charge in [0, 0.05) is 17.7 Å². The fraction of sp³-hybridized carbons (Fsp3) is 0.381. The van der Waals surface area contributed by atoms with Gasteiger partial charge in [-0.3, -0.25) is 4.79 Å². The molecule has 0 heterocycles. The van der Waals surface area contributed by atoms with Crippen molar-refractivity contribution in [3.8, 4) is 17.2 Å². The molecule has 0 aliphatic heterocycles. The van der Waals surface area contributed by atoms with E-state index in [2.05, 4.69) is 26.1 Å². The molecule has 1 amide bonds. The third-order valence-electron chi connectivity index (χ3n) is 4.24. The Morgan fingerprint density at radius 2 is 1.50 bits per heavy atom. The number of methoxy groups -OCH3 is 3. The second kappa shape index (κ2) is 8.13. The lowest BCUT2D eigenvalue weighted by atomic mass is 9.87. The Bertz CT molecular complexity index is 761. The smallest absolute Gasteiger partial charge is 0.251 e. The van der Waals surface area contributed by atoms with Crippen molar-refractivity contribution in [2.45, 2.75) is 32.7 Å². The minimum absolute atomic E-state index is 0.0576. The Hall–Kier alpha value is -2.69. The summed E-state index contributed by atoms with van der Waals surface area (Å²) >= 11 is 0. The van der Waals surface area contributed by atoms with Crippen molar-refractivity contribution < 1.29 is 19.0 Å². The van der Waals surface area contributed by atoms with E-state index in [-0.39, 0.29) is 11.3 Å². The monoisotopic (exact) mass is 357 g/mol. The maximum Gasteiger partial charge on any atom is 0.251 e. The highest BCUT2D eigenvalue weighted by Gasteiger charge is 2.17. The van der Waals surface area contributed by atoms with Crippen molar-refractivity contribution in [3.63, 3.8) is 0 Å². The molecule has 26 heavy (non-hydrogen) atoms. The summed E-state index contributed by atoms with van der Waals surface area (Å²) in [6.45, 7) is 6.76. The number of carbonyl (C=O) groups excluding carboxylic acids is 1. The van der Waals surface area contributed by atoms with Gasteiger partial charge >= 0.3 is 0 Å². The largest absolute Gasteiger partial charge is 0.493 e. The lowest BCUT2D eigenvalue weighted by Gasteiger charge is -2.19. The van der Waals surface area contributed by atoms with Crippen LogP contribution in [0, 0.1) is 0 Å². The van der Waals surface area contributed by atoms with Crippen LogP contribution in [-0.2, 0) is 12.0 Å². The van der Waals surface area contributed by atoms with Gasteiger partial charge in [0.05, 0.1) is 21.3 Å². The summed E-state index contributed by atoms with van der Waals surface area (Å²) in [7, 11) is 4.69. The zero-order chi connectivity index (χ0) is 19.3. The Labute approximate surface area is 155 Å². The standard InChI is InChI=1S/C21H27NO4/c1-21(2,3)16-10-7-14(8-11-16)20(23)22-13-15-9-12-17(24-4)19(26-6)18(15)25-5/h7-12H,13H2,1-6H3,(H,22,23). The van der Waals surface area contributed by atoms with Crippen LogP contribution in [0.2, 0.25) is 0 Å². The number of amides is 1. The maximum atomic E-state index is 12.4. The first-order valence-electron chi connectivity index (χ1n) is 8.48. The molecular weight excluding hydrogens is 330 g/mol. The summed E-state index contributed by atoms with van der Waals surface area (Å²) in [4.78, 5) is 12.4. The van der Waals surface area contributed by atoms with Crippen LogP contribution >= 0.6 is 0 Å². The molecule has 0 aliphatic carbocycles. The van der Waals surface area contributed by atoms with E-state index in [1.54, 1.807) is 27.4 Å². The lowest BCUT2D eigenvalue weighted by Crippen LogP contribution is -2.23. The highest BCUT2D eigenvalue weighted by molar-refractivity contribution is 5.94. The van der Waals surface area contributed by atoms with Crippen LogP contribution in [0.3, 0.4) is 0 Å². The second-order valence-corrected chi connectivity index (χ2v) is 7.00. The summed E-state index contributed by atoms with van der Waals surface area (Å²) in [5.41, 5.74) is 2.68. The van der Waals surface area contributed by atoms with Crippen molar-refractivity contribution in [1.82, 2.24) is 5.32 Å². The SMILES string of the molecule is COc1ccc(CNC(=O)c2ccc(C(C)(C)C)cc2)c(OC)c1OC. The highest BCUT2D eigenvalue weighted by Crippen LogP contribution is 2.39. The fourth-order valence-electron chi connectivity index (χ4n) is 2.70. The summed E-state index contributed by atoms with van der Waals surface area (Å²) in [6.07, 6.45) is 0. The number of rotatable bonds is 6. The molecular formula is C21H27NO4. The molecule has 5 nitrogen and oxygen atoms in total. The Morgan fingerprint density at radius 1 is 0.885 bits per heavy atom. The summed E-state index contributed by atoms with van der Waals surface area (Å²) in [6, 6.07) is 11.3. The normalized spacial score (nSPS) is 11.0. The van der Waals surface area contributed by atoms with E-state index in [0.29, 0.717) is 29.4 Å². The molecule has 140 valence electrons. The number of hydrogen-bond acceptors (Lipinski definition) is 4. The molecule has 2 aromatic carbocycles. The van der Waals surface area contributed by atoms with E-state index in [9.17, 15) is 4.79 Å². The van der Waals surface area contributed by atoms with Gasteiger partial charge in [-0.1, -0.05) is 32.9 Å². The van der Waals surface area contributed by atoms with Gasteiger partial charge in [-0.15, -0.1) is 0 Å². The first kappa shape index (κ1) is 19.6. The maximum absolute atomic E-state index is 12.4. The molecule has 1 N–H and O–H groups in total. The second-order valence-electron chi connectivity index (χ2n) is 7.00.